The van der Waals surface area contributed by atoms with Crippen LogP contribution in [-0.2, 0) is 11.2 Å². The number of benzene rings is 1. The second-order valence-corrected chi connectivity index (χ2v) is 5.89. The summed E-state index contributed by atoms with van der Waals surface area (Å²) >= 11 is 0. The van der Waals surface area contributed by atoms with Crippen LogP contribution < -0.4 is 10.6 Å². The van der Waals surface area contributed by atoms with E-state index >= 15 is 0 Å². The Bertz CT molecular complexity index is 450. The molecule has 1 amide bonds. The number of hydrogen-bond acceptors (Lipinski definition) is 2. The molecule has 1 aromatic carbocycles. The van der Waals surface area contributed by atoms with Crippen LogP contribution in [0.2, 0.25) is 0 Å². The van der Waals surface area contributed by atoms with Gasteiger partial charge in [-0.05, 0) is 43.9 Å². The molecule has 0 bridgehead atoms. The minimum atomic E-state index is -0.166. The van der Waals surface area contributed by atoms with Crippen molar-refractivity contribution in [3.05, 3.63) is 35.4 Å². The summed E-state index contributed by atoms with van der Waals surface area (Å²) in [5.74, 6) is 0.234. The van der Waals surface area contributed by atoms with Gasteiger partial charge in [0.2, 0.25) is 5.91 Å². The standard InChI is InChI=1S/C17H26N2O/c1-3-9-17(10-12-18-13-17)16(20)19-11-8-15-7-5-4-6-14(15)2/h4-7,18H,3,8-13H2,1-2H3,(H,19,20). The van der Waals surface area contributed by atoms with Gasteiger partial charge in [-0.15, -0.1) is 0 Å². The molecule has 3 nitrogen and oxygen atoms in total. The molecule has 1 aliphatic heterocycles. The molecule has 1 heterocycles. The zero-order valence-corrected chi connectivity index (χ0v) is 12.7. The Morgan fingerprint density at radius 3 is 2.85 bits per heavy atom. The van der Waals surface area contributed by atoms with E-state index in [-0.39, 0.29) is 11.3 Å². The highest BCUT2D eigenvalue weighted by molar-refractivity contribution is 5.83. The smallest absolute Gasteiger partial charge is 0.227 e. The summed E-state index contributed by atoms with van der Waals surface area (Å²) in [6.07, 6.45) is 3.92. The number of hydrogen-bond donors (Lipinski definition) is 2. The number of carbonyl (C=O) groups excluding carboxylic acids is 1. The highest BCUT2D eigenvalue weighted by Gasteiger charge is 2.39. The van der Waals surface area contributed by atoms with Gasteiger partial charge in [-0.3, -0.25) is 4.79 Å². The maximum absolute atomic E-state index is 12.5. The molecule has 110 valence electrons. The van der Waals surface area contributed by atoms with E-state index in [4.69, 9.17) is 0 Å². The van der Waals surface area contributed by atoms with Gasteiger partial charge < -0.3 is 10.6 Å². The Hall–Kier alpha value is -1.35. The van der Waals surface area contributed by atoms with Crippen molar-refractivity contribution in [2.45, 2.75) is 39.5 Å². The average molecular weight is 274 g/mol. The van der Waals surface area contributed by atoms with Crippen LogP contribution in [0.3, 0.4) is 0 Å². The van der Waals surface area contributed by atoms with E-state index in [1.165, 1.54) is 11.1 Å². The topological polar surface area (TPSA) is 41.1 Å². The van der Waals surface area contributed by atoms with Gasteiger partial charge >= 0.3 is 0 Å². The molecule has 0 aliphatic carbocycles. The molecule has 1 atom stereocenters. The van der Waals surface area contributed by atoms with E-state index in [9.17, 15) is 4.79 Å². The molecule has 3 heteroatoms. The van der Waals surface area contributed by atoms with Crippen molar-refractivity contribution in [1.29, 1.82) is 0 Å². The second-order valence-electron chi connectivity index (χ2n) is 5.89. The van der Waals surface area contributed by atoms with E-state index in [1.54, 1.807) is 0 Å². The summed E-state index contributed by atoms with van der Waals surface area (Å²) < 4.78 is 0. The average Bonchev–Trinajstić information content (AvgIpc) is 2.91. The zero-order valence-electron chi connectivity index (χ0n) is 12.7. The van der Waals surface area contributed by atoms with Gasteiger partial charge in [-0.1, -0.05) is 37.6 Å². The first kappa shape index (κ1) is 15.0. The fraction of sp³-hybridized carbons (Fsp3) is 0.588. The first-order valence-electron chi connectivity index (χ1n) is 7.71. The van der Waals surface area contributed by atoms with Gasteiger partial charge in [-0.25, -0.2) is 0 Å². The lowest BCUT2D eigenvalue weighted by Gasteiger charge is -2.26. The van der Waals surface area contributed by atoms with Crippen LogP contribution in [0.4, 0.5) is 0 Å². The van der Waals surface area contributed by atoms with Gasteiger partial charge in [0.15, 0.2) is 0 Å². The molecule has 2 N–H and O–H groups in total. The molecular formula is C17H26N2O. The minimum Gasteiger partial charge on any atom is -0.355 e. The third kappa shape index (κ3) is 3.40. The molecular weight excluding hydrogens is 248 g/mol. The van der Waals surface area contributed by atoms with Crippen LogP contribution in [0.1, 0.15) is 37.3 Å². The van der Waals surface area contributed by atoms with E-state index in [1.807, 2.05) is 0 Å². The van der Waals surface area contributed by atoms with E-state index in [0.717, 1.165) is 45.3 Å². The molecule has 2 rings (SSSR count). The van der Waals surface area contributed by atoms with E-state index < -0.39 is 0 Å². The molecule has 1 aliphatic rings. The van der Waals surface area contributed by atoms with Crippen LogP contribution in [0.15, 0.2) is 24.3 Å². The van der Waals surface area contributed by atoms with Gasteiger partial charge in [-0.2, -0.15) is 0 Å². The fourth-order valence-corrected chi connectivity index (χ4v) is 3.13. The SMILES string of the molecule is CCCC1(C(=O)NCCc2ccccc2C)CCNC1. The van der Waals surface area contributed by atoms with Gasteiger partial charge in [0, 0.05) is 13.1 Å². The molecule has 1 fully saturated rings. The number of nitrogens with one attached hydrogen (secondary N) is 2. The third-order valence-electron chi connectivity index (χ3n) is 4.40. The first-order valence-corrected chi connectivity index (χ1v) is 7.71. The monoisotopic (exact) mass is 274 g/mol. The zero-order chi connectivity index (χ0) is 14.4. The largest absolute Gasteiger partial charge is 0.355 e. The normalized spacial score (nSPS) is 21.9. The fourth-order valence-electron chi connectivity index (χ4n) is 3.13. The molecule has 1 unspecified atom stereocenters. The number of carbonyl (C=O) groups is 1. The molecule has 1 saturated heterocycles. The number of aryl methyl sites for hydroxylation is 1. The Morgan fingerprint density at radius 1 is 1.40 bits per heavy atom. The van der Waals surface area contributed by atoms with Crippen molar-refractivity contribution in [2.75, 3.05) is 19.6 Å². The Labute approximate surface area is 122 Å². The van der Waals surface area contributed by atoms with Crippen LogP contribution >= 0.6 is 0 Å². The highest BCUT2D eigenvalue weighted by atomic mass is 16.2. The second kappa shape index (κ2) is 6.89. The van der Waals surface area contributed by atoms with Crippen LogP contribution in [-0.4, -0.2) is 25.5 Å². The van der Waals surface area contributed by atoms with Gasteiger partial charge in [0.1, 0.15) is 0 Å². The third-order valence-corrected chi connectivity index (χ3v) is 4.40. The first-order chi connectivity index (χ1) is 9.68. The summed E-state index contributed by atoms with van der Waals surface area (Å²) in [6.45, 7) is 6.80. The molecule has 20 heavy (non-hydrogen) atoms. The maximum atomic E-state index is 12.5. The Morgan fingerprint density at radius 2 is 2.20 bits per heavy atom. The summed E-state index contributed by atoms with van der Waals surface area (Å²) in [6, 6.07) is 8.37. The lowest BCUT2D eigenvalue weighted by molar-refractivity contribution is -0.130. The Balaban J connectivity index is 1.87. The Kier molecular flexibility index (Phi) is 5.18. The van der Waals surface area contributed by atoms with Crippen molar-refractivity contribution in [3.63, 3.8) is 0 Å². The molecule has 0 aromatic heterocycles. The quantitative estimate of drug-likeness (QED) is 0.836. The van der Waals surface area contributed by atoms with Gasteiger partial charge in [0.25, 0.3) is 0 Å². The predicted octanol–water partition coefficient (Wildman–Crippen LogP) is 2.43. The van der Waals surface area contributed by atoms with Crippen molar-refractivity contribution >= 4 is 5.91 Å². The van der Waals surface area contributed by atoms with Crippen molar-refractivity contribution < 1.29 is 4.79 Å². The summed E-state index contributed by atoms with van der Waals surface area (Å²) in [5.41, 5.74) is 2.45. The van der Waals surface area contributed by atoms with Crippen LogP contribution in [0, 0.1) is 12.3 Å². The van der Waals surface area contributed by atoms with Crippen LogP contribution in [0.25, 0.3) is 0 Å². The van der Waals surface area contributed by atoms with Crippen LogP contribution in [0.5, 0.6) is 0 Å². The summed E-state index contributed by atoms with van der Waals surface area (Å²) in [5, 5.41) is 6.48. The highest BCUT2D eigenvalue weighted by Crippen LogP contribution is 2.31. The minimum absolute atomic E-state index is 0.166. The number of amides is 1. The molecule has 0 saturated carbocycles. The maximum Gasteiger partial charge on any atom is 0.227 e. The van der Waals surface area contributed by atoms with Crippen molar-refractivity contribution in [1.82, 2.24) is 10.6 Å². The predicted molar refractivity (Wildman–Crippen MR) is 82.7 cm³/mol. The summed E-state index contributed by atoms with van der Waals surface area (Å²) in [4.78, 5) is 12.5. The van der Waals surface area contributed by atoms with E-state index in [0.29, 0.717) is 0 Å². The molecule has 0 spiro atoms. The van der Waals surface area contributed by atoms with E-state index in [2.05, 4.69) is 48.7 Å². The van der Waals surface area contributed by atoms with Crippen molar-refractivity contribution in [3.8, 4) is 0 Å². The molecule has 1 aromatic rings. The molecule has 0 radical (unpaired) electrons. The lowest BCUT2D eigenvalue weighted by atomic mass is 9.81. The lowest BCUT2D eigenvalue weighted by Crippen LogP contribution is -2.43. The number of rotatable bonds is 6. The van der Waals surface area contributed by atoms with Crippen molar-refractivity contribution in [2.24, 2.45) is 5.41 Å². The summed E-state index contributed by atoms with van der Waals surface area (Å²) in [7, 11) is 0. The van der Waals surface area contributed by atoms with Gasteiger partial charge in [0.05, 0.1) is 5.41 Å².